The number of aromatic nitrogens is 2. The average Bonchev–Trinajstić information content (AvgIpc) is 2.73. The summed E-state index contributed by atoms with van der Waals surface area (Å²) in [5.74, 6) is 1.31. The Morgan fingerprint density at radius 1 is 1.29 bits per heavy atom. The lowest BCUT2D eigenvalue weighted by molar-refractivity contribution is 0.102. The molecule has 88 valence electrons. The summed E-state index contributed by atoms with van der Waals surface area (Å²) < 4.78 is 4.93. The van der Waals surface area contributed by atoms with E-state index in [4.69, 9.17) is 0 Å². The van der Waals surface area contributed by atoms with Gasteiger partial charge in [-0.15, -0.1) is 0 Å². The van der Waals surface area contributed by atoms with Crippen LogP contribution in [0, 0.1) is 13.8 Å². The molecular formula is C12H12N2OS2. The molecule has 1 heterocycles. The van der Waals surface area contributed by atoms with Crippen molar-refractivity contribution in [2.24, 2.45) is 0 Å². The Kier molecular flexibility index (Phi) is 3.91. The van der Waals surface area contributed by atoms with Gasteiger partial charge in [-0.3, -0.25) is 4.79 Å². The number of benzene rings is 1. The first-order chi connectivity index (χ1) is 8.15. The molecule has 0 radical (unpaired) electrons. The van der Waals surface area contributed by atoms with Crippen LogP contribution in [-0.2, 0) is 0 Å². The Hall–Kier alpha value is -1.20. The molecule has 0 aliphatic carbocycles. The number of carbonyl (C=O) groups excluding carboxylic acids is 1. The van der Waals surface area contributed by atoms with Gasteiger partial charge in [0.1, 0.15) is 5.82 Å². The molecule has 2 aromatic rings. The minimum atomic E-state index is 0.128. The molecule has 2 rings (SSSR count). The molecule has 0 spiro atoms. The van der Waals surface area contributed by atoms with Crippen molar-refractivity contribution in [1.82, 2.24) is 9.36 Å². The smallest absolute Gasteiger partial charge is 0.173 e. The quantitative estimate of drug-likeness (QED) is 0.628. The molecule has 0 bridgehead atoms. The standard InChI is InChI=1S/C12H12N2OS2/c1-8-3-5-10(6-4-8)11(15)7-16-12-13-9(2)14-17-12/h3-6H,7H2,1-2H3. The molecule has 0 aliphatic rings. The van der Waals surface area contributed by atoms with Gasteiger partial charge >= 0.3 is 0 Å². The molecule has 0 saturated heterocycles. The lowest BCUT2D eigenvalue weighted by Gasteiger charge is -1.99. The van der Waals surface area contributed by atoms with Crippen LogP contribution in [0.4, 0.5) is 0 Å². The number of ketones is 1. The van der Waals surface area contributed by atoms with Crippen molar-refractivity contribution >= 4 is 29.1 Å². The summed E-state index contributed by atoms with van der Waals surface area (Å²) in [5, 5.41) is 0. The molecule has 17 heavy (non-hydrogen) atoms. The maximum Gasteiger partial charge on any atom is 0.173 e. The molecule has 0 atom stereocenters. The van der Waals surface area contributed by atoms with Crippen molar-refractivity contribution in [3.63, 3.8) is 0 Å². The highest BCUT2D eigenvalue weighted by Gasteiger charge is 2.08. The number of thioether (sulfide) groups is 1. The van der Waals surface area contributed by atoms with E-state index in [9.17, 15) is 4.79 Å². The average molecular weight is 264 g/mol. The van der Waals surface area contributed by atoms with Gasteiger partial charge in [-0.2, -0.15) is 4.37 Å². The molecular weight excluding hydrogens is 252 g/mol. The van der Waals surface area contributed by atoms with Gasteiger partial charge in [0.05, 0.1) is 5.75 Å². The van der Waals surface area contributed by atoms with Gasteiger partial charge in [0.15, 0.2) is 10.1 Å². The summed E-state index contributed by atoms with van der Waals surface area (Å²) in [6.45, 7) is 3.86. The van der Waals surface area contributed by atoms with Gasteiger partial charge in [0, 0.05) is 5.56 Å². The number of Topliss-reactive ketones (excluding diaryl/α,β-unsaturated/α-hetero) is 1. The Labute approximate surface area is 108 Å². The van der Waals surface area contributed by atoms with Crippen LogP contribution in [0.1, 0.15) is 21.7 Å². The largest absolute Gasteiger partial charge is 0.293 e. The minimum Gasteiger partial charge on any atom is -0.293 e. The molecule has 1 aromatic carbocycles. The molecule has 0 saturated carbocycles. The molecule has 3 nitrogen and oxygen atoms in total. The summed E-state index contributed by atoms with van der Waals surface area (Å²) in [6.07, 6.45) is 0. The van der Waals surface area contributed by atoms with Crippen molar-refractivity contribution in [3.05, 3.63) is 41.2 Å². The van der Waals surface area contributed by atoms with Gasteiger partial charge < -0.3 is 0 Å². The second-order valence-corrected chi connectivity index (χ2v) is 5.66. The van der Waals surface area contributed by atoms with Crippen LogP contribution in [0.25, 0.3) is 0 Å². The van der Waals surface area contributed by atoms with E-state index in [1.165, 1.54) is 23.3 Å². The third-order valence-electron chi connectivity index (χ3n) is 2.21. The van der Waals surface area contributed by atoms with E-state index in [1.54, 1.807) is 0 Å². The maximum absolute atomic E-state index is 11.9. The molecule has 0 aliphatic heterocycles. The molecule has 5 heteroatoms. The number of nitrogens with zero attached hydrogens (tertiary/aromatic N) is 2. The zero-order chi connectivity index (χ0) is 12.3. The van der Waals surface area contributed by atoms with Crippen LogP contribution in [0.15, 0.2) is 28.6 Å². The topological polar surface area (TPSA) is 42.9 Å². The number of hydrogen-bond acceptors (Lipinski definition) is 5. The van der Waals surface area contributed by atoms with E-state index in [1.807, 2.05) is 38.1 Å². The van der Waals surface area contributed by atoms with Crippen LogP contribution >= 0.6 is 23.3 Å². The van der Waals surface area contributed by atoms with Crippen molar-refractivity contribution in [2.75, 3.05) is 5.75 Å². The van der Waals surface area contributed by atoms with Gasteiger partial charge in [0.2, 0.25) is 0 Å². The van der Waals surface area contributed by atoms with Crippen molar-refractivity contribution in [1.29, 1.82) is 0 Å². The second kappa shape index (κ2) is 5.42. The lowest BCUT2D eigenvalue weighted by atomic mass is 10.1. The Balaban J connectivity index is 1.95. The lowest BCUT2D eigenvalue weighted by Crippen LogP contribution is -2.01. The van der Waals surface area contributed by atoms with E-state index in [-0.39, 0.29) is 5.78 Å². The van der Waals surface area contributed by atoms with Gasteiger partial charge in [-0.1, -0.05) is 41.6 Å². The normalized spacial score (nSPS) is 10.5. The van der Waals surface area contributed by atoms with E-state index in [2.05, 4.69) is 9.36 Å². The summed E-state index contributed by atoms with van der Waals surface area (Å²) in [5.41, 5.74) is 1.92. The number of carbonyl (C=O) groups is 1. The fourth-order valence-corrected chi connectivity index (χ4v) is 2.83. The molecule has 0 fully saturated rings. The van der Waals surface area contributed by atoms with Crippen molar-refractivity contribution in [2.45, 2.75) is 18.2 Å². The molecule has 1 aromatic heterocycles. The highest BCUT2D eigenvalue weighted by atomic mass is 32.2. The van der Waals surface area contributed by atoms with Crippen molar-refractivity contribution < 1.29 is 4.79 Å². The number of rotatable bonds is 4. The van der Waals surface area contributed by atoms with Gasteiger partial charge in [0.25, 0.3) is 0 Å². The third-order valence-corrected chi connectivity index (χ3v) is 4.13. The second-order valence-electron chi connectivity index (χ2n) is 3.69. The molecule has 0 N–H and O–H groups in total. The first-order valence-corrected chi connectivity index (χ1v) is 6.94. The van der Waals surface area contributed by atoms with E-state index in [0.29, 0.717) is 5.75 Å². The highest BCUT2D eigenvalue weighted by molar-refractivity contribution is 8.01. The predicted molar refractivity (Wildman–Crippen MR) is 70.9 cm³/mol. The van der Waals surface area contributed by atoms with Crippen molar-refractivity contribution in [3.8, 4) is 0 Å². The van der Waals surface area contributed by atoms with Gasteiger partial charge in [-0.25, -0.2) is 4.98 Å². The van der Waals surface area contributed by atoms with Crippen LogP contribution in [0.3, 0.4) is 0 Å². The third kappa shape index (κ3) is 3.38. The molecule has 0 unspecified atom stereocenters. The number of aryl methyl sites for hydroxylation is 2. The monoisotopic (exact) mass is 264 g/mol. The minimum absolute atomic E-state index is 0.128. The first kappa shape index (κ1) is 12.3. The first-order valence-electron chi connectivity index (χ1n) is 5.18. The highest BCUT2D eigenvalue weighted by Crippen LogP contribution is 2.21. The van der Waals surface area contributed by atoms with Crippen LogP contribution in [-0.4, -0.2) is 20.9 Å². The molecule has 0 amide bonds. The Morgan fingerprint density at radius 2 is 2.00 bits per heavy atom. The Bertz CT molecular complexity index is 520. The summed E-state index contributed by atoms with van der Waals surface area (Å²) >= 11 is 2.78. The zero-order valence-corrected chi connectivity index (χ0v) is 11.3. The van der Waals surface area contributed by atoms with E-state index >= 15 is 0 Å². The van der Waals surface area contributed by atoms with Crippen LogP contribution in [0.5, 0.6) is 0 Å². The van der Waals surface area contributed by atoms with E-state index in [0.717, 1.165) is 21.3 Å². The van der Waals surface area contributed by atoms with E-state index < -0.39 is 0 Å². The summed E-state index contributed by atoms with van der Waals surface area (Å²) in [6, 6.07) is 7.63. The maximum atomic E-state index is 11.9. The van der Waals surface area contributed by atoms with Gasteiger partial charge in [-0.05, 0) is 25.4 Å². The summed E-state index contributed by atoms with van der Waals surface area (Å²) in [4.78, 5) is 16.1. The predicted octanol–water partition coefficient (Wildman–Crippen LogP) is 3.13. The summed E-state index contributed by atoms with van der Waals surface area (Å²) in [7, 11) is 0. The fraction of sp³-hybridized carbons (Fsp3) is 0.250. The van der Waals surface area contributed by atoms with Crippen LogP contribution < -0.4 is 0 Å². The van der Waals surface area contributed by atoms with Crippen LogP contribution in [0.2, 0.25) is 0 Å². The number of hydrogen-bond donors (Lipinski definition) is 0. The Morgan fingerprint density at radius 3 is 2.59 bits per heavy atom. The SMILES string of the molecule is Cc1ccc(C(=O)CSc2nc(C)ns2)cc1. The zero-order valence-electron chi connectivity index (χ0n) is 9.64. The fourth-order valence-electron chi connectivity index (χ4n) is 1.29.